The van der Waals surface area contributed by atoms with Gasteiger partial charge in [-0.05, 0) is 43.3 Å². The van der Waals surface area contributed by atoms with Crippen molar-refractivity contribution < 1.29 is 9.53 Å². The molecule has 0 aliphatic carbocycles. The SMILES string of the molecule is Cc1ccnc(SCc2nc3cc(NC(=O)COc4ccccc4)ccc3n2C)n1. The average Bonchev–Trinajstić information content (AvgIpc) is 3.06. The molecule has 8 heteroatoms. The summed E-state index contributed by atoms with van der Waals surface area (Å²) in [7, 11) is 1.98. The van der Waals surface area contributed by atoms with Gasteiger partial charge in [-0.25, -0.2) is 15.0 Å². The van der Waals surface area contributed by atoms with Crippen molar-refractivity contribution in [2.75, 3.05) is 11.9 Å². The molecule has 2 aromatic heterocycles. The lowest BCUT2D eigenvalue weighted by atomic mass is 10.2. The number of nitrogens with one attached hydrogen (secondary N) is 1. The van der Waals surface area contributed by atoms with Crippen LogP contribution in [0.2, 0.25) is 0 Å². The Hall–Kier alpha value is -3.39. The Labute approximate surface area is 178 Å². The zero-order chi connectivity index (χ0) is 20.9. The molecule has 0 unspecified atom stereocenters. The number of anilines is 1. The van der Waals surface area contributed by atoms with Gasteiger partial charge in [0.05, 0.1) is 16.8 Å². The van der Waals surface area contributed by atoms with Crippen LogP contribution in [0.4, 0.5) is 5.69 Å². The van der Waals surface area contributed by atoms with E-state index in [1.807, 2.05) is 73.1 Å². The number of aryl methyl sites for hydroxylation is 2. The van der Waals surface area contributed by atoms with Gasteiger partial charge in [0, 0.05) is 24.6 Å². The summed E-state index contributed by atoms with van der Waals surface area (Å²) in [5, 5.41) is 3.59. The fourth-order valence-electron chi connectivity index (χ4n) is 2.94. The van der Waals surface area contributed by atoms with E-state index in [0.29, 0.717) is 17.2 Å². The molecule has 0 aliphatic heterocycles. The maximum absolute atomic E-state index is 12.2. The second-order valence-corrected chi connectivity index (χ2v) is 7.65. The molecule has 4 aromatic rings. The number of aromatic nitrogens is 4. The smallest absolute Gasteiger partial charge is 0.262 e. The lowest BCUT2D eigenvalue weighted by Gasteiger charge is -2.07. The lowest BCUT2D eigenvalue weighted by molar-refractivity contribution is -0.118. The average molecular weight is 420 g/mol. The molecule has 1 amide bonds. The molecule has 0 saturated carbocycles. The normalized spacial score (nSPS) is 10.9. The highest BCUT2D eigenvalue weighted by atomic mass is 32.2. The van der Waals surface area contributed by atoms with Crippen molar-refractivity contribution in [3.05, 3.63) is 72.3 Å². The van der Waals surface area contributed by atoms with E-state index in [4.69, 9.17) is 9.72 Å². The second-order valence-electron chi connectivity index (χ2n) is 6.71. The van der Waals surface area contributed by atoms with Crippen LogP contribution >= 0.6 is 11.8 Å². The van der Waals surface area contributed by atoms with E-state index in [1.54, 1.807) is 18.0 Å². The number of rotatable bonds is 7. The van der Waals surface area contributed by atoms with Crippen LogP contribution in [-0.2, 0) is 17.6 Å². The minimum Gasteiger partial charge on any atom is -0.484 e. The first-order chi connectivity index (χ1) is 14.6. The van der Waals surface area contributed by atoms with Gasteiger partial charge in [0.15, 0.2) is 11.8 Å². The number of benzene rings is 2. The van der Waals surface area contributed by atoms with E-state index in [0.717, 1.165) is 27.7 Å². The molecule has 152 valence electrons. The number of imidazole rings is 1. The van der Waals surface area contributed by atoms with E-state index in [1.165, 1.54) is 0 Å². The molecule has 7 nitrogen and oxygen atoms in total. The number of fused-ring (bicyclic) bond motifs is 1. The quantitative estimate of drug-likeness (QED) is 0.360. The van der Waals surface area contributed by atoms with Crippen molar-refractivity contribution in [2.24, 2.45) is 7.05 Å². The number of nitrogens with zero attached hydrogens (tertiary/aromatic N) is 4. The number of carbonyl (C=O) groups is 1. The van der Waals surface area contributed by atoms with E-state index >= 15 is 0 Å². The summed E-state index contributed by atoms with van der Waals surface area (Å²) in [6.45, 7) is 1.89. The molecule has 0 spiro atoms. The van der Waals surface area contributed by atoms with Crippen molar-refractivity contribution in [3.63, 3.8) is 0 Å². The number of amides is 1. The Morgan fingerprint density at radius 3 is 2.77 bits per heavy atom. The number of para-hydroxylation sites is 1. The molecule has 0 bridgehead atoms. The first-order valence-electron chi connectivity index (χ1n) is 9.44. The summed E-state index contributed by atoms with van der Waals surface area (Å²) in [5.41, 5.74) is 3.44. The maximum atomic E-state index is 12.2. The van der Waals surface area contributed by atoms with Crippen LogP contribution in [0.5, 0.6) is 5.75 Å². The molecule has 0 radical (unpaired) electrons. The number of carbonyl (C=O) groups excluding carboxylic acids is 1. The third-order valence-electron chi connectivity index (χ3n) is 4.47. The van der Waals surface area contributed by atoms with Gasteiger partial charge in [0.2, 0.25) is 0 Å². The molecule has 30 heavy (non-hydrogen) atoms. The Kier molecular flexibility index (Phi) is 5.94. The fourth-order valence-corrected chi connectivity index (χ4v) is 3.80. The maximum Gasteiger partial charge on any atom is 0.262 e. The Bertz CT molecular complexity index is 1180. The summed E-state index contributed by atoms with van der Waals surface area (Å²) in [6.07, 6.45) is 1.76. The van der Waals surface area contributed by atoms with Crippen LogP contribution < -0.4 is 10.1 Å². The highest BCUT2D eigenvalue weighted by Gasteiger charge is 2.11. The van der Waals surface area contributed by atoms with Crippen LogP contribution in [-0.4, -0.2) is 32.0 Å². The monoisotopic (exact) mass is 419 g/mol. The molecule has 2 aromatic carbocycles. The summed E-state index contributed by atoms with van der Waals surface area (Å²) >= 11 is 1.54. The first-order valence-corrected chi connectivity index (χ1v) is 10.4. The number of ether oxygens (including phenoxy) is 1. The van der Waals surface area contributed by atoms with Crippen molar-refractivity contribution >= 4 is 34.4 Å². The lowest BCUT2D eigenvalue weighted by Crippen LogP contribution is -2.20. The molecular formula is C22H21N5O2S. The van der Waals surface area contributed by atoms with Crippen LogP contribution in [0.3, 0.4) is 0 Å². The number of hydrogen-bond donors (Lipinski definition) is 1. The standard InChI is InChI=1S/C22H21N5O2S/c1-15-10-11-23-22(24-15)30-14-20-26-18-12-16(8-9-19(18)27(20)2)25-21(28)13-29-17-6-4-3-5-7-17/h3-12H,13-14H2,1-2H3,(H,25,28). The van der Waals surface area contributed by atoms with Crippen molar-refractivity contribution in [3.8, 4) is 5.75 Å². The summed E-state index contributed by atoms with van der Waals surface area (Å²) in [6, 6.07) is 16.8. The van der Waals surface area contributed by atoms with Gasteiger partial charge in [-0.15, -0.1) is 0 Å². The first kappa shape index (κ1) is 19.9. The highest BCUT2D eigenvalue weighted by molar-refractivity contribution is 7.98. The third kappa shape index (κ3) is 4.77. The molecule has 0 aliphatic rings. The summed E-state index contributed by atoms with van der Waals surface area (Å²) in [5.74, 6) is 2.01. The van der Waals surface area contributed by atoms with Crippen LogP contribution in [0.15, 0.2) is 66.0 Å². The summed E-state index contributed by atoms with van der Waals surface area (Å²) < 4.78 is 7.53. The van der Waals surface area contributed by atoms with Gasteiger partial charge < -0.3 is 14.6 Å². The third-order valence-corrected chi connectivity index (χ3v) is 5.33. The van der Waals surface area contributed by atoms with Crippen molar-refractivity contribution in [2.45, 2.75) is 17.8 Å². The zero-order valence-electron chi connectivity index (χ0n) is 16.7. The van der Waals surface area contributed by atoms with Gasteiger partial charge in [-0.2, -0.15) is 0 Å². The van der Waals surface area contributed by atoms with E-state index in [-0.39, 0.29) is 12.5 Å². The minimum absolute atomic E-state index is 0.0529. The Morgan fingerprint density at radius 2 is 1.97 bits per heavy atom. The molecular weight excluding hydrogens is 398 g/mol. The largest absolute Gasteiger partial charge is 0.484 e. The molecule has 0 saturated heterocycles. The fraction of sp³-hybridized carbons (Fsp3) is 0.182. The van der Waals surface area contributed by atoms with Crippen molar-refractivity contribution in [1.82, 2.24) is 19.5 Å². The van der Waals surface area contributed by atoms with Crippen LogP contribution in [0.1, 0.15) is 11.5 Å². The van der Waals surface area contributed by atoms with Crippen LogP contribution in [0, 0.1) is 6.92 Å². The topological polar surface area (TPSA) is 81.9 Å². The van der Waals surface area contributed by atoms with Gasteiger partial charge in [-0.1, -0.05) is 30.0 Å². The van der Waals surface area contributed by atoms with E-state index in [2.05, 4.69) is 15.3 Å². The highest BCUT2D eigenvalue weighted by Crippen LogP contribution is 2.24. The minimum atomic E-state index is -0.221. The van der Waals surface area contributed by atoms with Gasteiger partial charge in [-0.3, -0.25) is 4.79 Å². The van der Waals surface area contributed by atoms with Crippen LogP contribution in [0.25, 0.3) is 11.0 Å². The predicted octanol–water partition coefficient (Wildman–Crippen LogP) is 3.98. The van der Waals surface area contributed by atoms with Gasteiger partial charge >= 0.3 is 0 Å². The zero-order valence-corrected chi connectivity index (χ0v) is 17.5. The Balaban J connectivity index is 1.41. The Morgan fingerprint density at radius 1 is 1.13 bits per heavy atom. The molecule has 0 fully saturated rings. The summed E-state index contributed by atoms with van der Waals surface area (Å²) in [4.78, 5) is 25.6. The molecule has 1 N–H and O–H groups in total. The van der Waals surface area contributed by atoms with Gasteiger partial charge in [0.25, 0.3) is 5.91 Å². The van der Waals surface area contributed by atoms with Crippen molar-refractivity contribution in [1.29, 1.82) is 0 Å². The molecule has 4 rings (SSSR count). The molecule has 0 atom stereocenters. The van der Waals surface area contributed by atoms with Gasteiger partial charge in [0.1, 0.15) is 11.6 Å². The predicted molar refractivity (Wildman–Crippen MR) is 118 cm³/mol. The number of thioether (sulfide) groups is 1. The second kappa shape index (κ2) is 8.96. The number of hydrogen-bond acceptors (Lipinski definition) is 6. The van der Waals surface area contributed by atoms with E-state index in [9.17, 15) is 4.79 Å². The molecule has 2 heterocycles. The van der Waals surface area contributed by atoms with E-state index < -0.39 is 0 Å².